The lowest BCUT2D eigenvalue weighted by atomic mass is 10.1. The van der Waals surface area contributed by atoms with E-state index in [1.165, 1.54) is 17.2 Å². The first-order valence-electron chi connectivity index (χ1n) is 4.83. The number of rotatable bonds is 2. The topological polar surface area (TPSA) is 70.5 Å². The number of pyridine rings is 1. The molecule has 0 bridgehead atoms. The van der Waals surface area contributed by atoms with Crippen molar-refractivity contribution in [2.75, 3.05) is 11.4 Å². The maximum atomic E-state index is 11.7. The molecule has 0 saturated carbocycles. The molecule has 17 heavy (non-hydrogen) atoms. The zero-order valence-corrected chi connectivity index (χ0v) is 10.9. The lowest BCUT2D eigenvalue weighted by Gasteiger charge is -2.15. The molecule has 0 aliphatic carbocycles. The monoisotopic (exact) mass is 318 g/mol. The molecule has 1 aliphatic rings. The van der Waals surface area contributed by atoms with Crippen LogP contribution in [0, 0.1) is 5.92 Å². The van der Waals surface area contributed by atoms with Crippen molar-refractivity contribution >= 4 is 45.2 Å². The molecule has 2 rings (SSSR count). The Hall–Kier alpha value is -1.14. The van der Waals surface area contributed by atoms with Gasteiger partial charge in [-0.15, -0.1) is 0 Å². The van der Waals surface area contributed by atoms with E-state index in [1.54, 1.807) is 0 Å². The van der Waals surface area contributed by atoms with Gasteiger partial charge in [0.15, 0.2) is 0 Å². The number of carboxylic acids is 1. The Morgan fingerprint density at radius 3 is 2.88 bits per heavy atom. The normalized spacial score (nSPS) is 19.8. The molecule has 1 fully saturated rings. The first-order valence-corrected chi connectivity index (χ1v) is 6.00. The molecule has 1 atom stereocenters. The van der Waals surface area contributed by atoms with Crippen molar-refractivity contribution in [3.05, 3.63) is 21.8 Å². The zero-order chi connectivity index (χ0) is 12.6. The van der Waals surface area contributed by atoms with Gasteiger partial charge in [0, 0.05) is 25.2 Å². The highest BCUT2D eigenvalue weighted by Crippen LogP contribution is 2.29. The lowest BCUT2D eigenvalue weighted by Crippen LogP contribution is -2.26. The van der Waals surface area contributed by atoms with Crippen LogP contribution in [0.25, 0.3) is 0 Å². The molecular formula is C10H8BrClN2O3. The Balaban J connectivity index is 2.26. The van der Waals surface area contributed by atoms with Crippen LogP contribution < -0.4 is 4.90 Å². The number of halogens is 2. The van der Waals surface area contributed by atoms with Crippen molar-refractivity contribution in [3.63, 3.8) is 0 Å². The van der Waals surface area contributed by atoms with Crippen LogP contribution in [-0.2, 0) is 9.59 Å². The van der Waals surface area contributed by atoms with Crippen LogP contribution in [0.5, 0.6) is 0 Å². The van der Waals surface area contributed by atoms with Gasteiger partial charge in [0.25, 0.3) is 0 Å². The van der Waals surface area contributed by atoms with E-state index in [2.05, 4.69) is 20.9 Å². The number of amides is 1. The van der Waals surface area contributed by atoms with Crippen molar-refractivity contribution in [2.45, 2.75) is 6.42 Å². The van der Waals surface area contributed by atoms with Crippen molar-refractivity contribution < 1.29 is 14.7 Å². The van der Waals surface area contributed by atoms with Gasteiger partial charge in [-0.25, -0.2) is 4.98 Å². The summed E-state index contributed by atoms with van der Waals surface area (Å²) in [6.45, 7) is 0.138. The molecule has 1 unspecified atom stereocenters. The molecule has 1 amide bonds. The third-order valence-electron chi connectivity index (χ3n) is 2.54. The minimum atomic E-state index is -0.968. The SMILES string of the molecule is O=C(O)C1CC(=O)N(c2cc(Cl)c(Br)cn2)C1. The minimum Gasteiger partial charge on any atom is -0.481 e. The van der Waals surface area contributed by atoms with E-state index in [0.29, 0.717) is 15.3 Å². The van der Waals surface area contributed by atoms with Gasteiger partial charge in [-0.1, -0.05) is 11.6 Å². The molecule has 0 radical (unpaired) electrons. The third-order valence-corrected chi connectivity index (χ3v) is 3.72. The van der Waals surface area contributed by atoms with Crippen molar-refractivity contribution in [1.82, 2.24) is 4.98 Å². The standard InChI is InChI=1S/C10H8BrClN2O3/c11-6-3-13-8(2-7(6)12)14-4-5(10(16)17)1-9(14)15/h2-3,5H,1,4H2,(H,16,17). The molecule has 1 N–H and O–H groups in total. The van der Waals surface area contributed by atoms with Crippen LogP contribution in [0.2, 0.25) is 5.02 Å². The summed E-state index contributed by atoms with van der Waals surface area (Å²) >= 11 is 9.09. The molecule has 2 heterocycles. The Kier molecular flexibility index (Phi) is 3.35. The quantitative estimate of drug-likeness (QED) is 0.904. The van der Waals surface area contributed by atoms with Gasteiger partial charge in [0.1, 0.15) is 5.82 Å². The number of carboxylic acid groups (broad SMARTS) is 1. The predicted octanol–water partition coefficient (Wildman–Crippen LogP) is 1.94. The molecular weight excluding hydrogens is 311 g/mol. The summed E-state index contributed by atoms with van der Waals surface area (Å²) in [6.07, 6.45) is 1.49. The lowest BCUT2D eigenvalue weighted by molar-refractivity contribution is -0.141. The molecule has 0 aromatic carbocycles. The average molecular weight is 320 g/mol. The van der Waals surface area contributed by atoms with Crippen LogP contribution in [0.3, 0.4) is 0 Å². The molecule has 1 aromatic rings. The van der Waals surface area contributed by atoms with E-state index >= 15 is 0 Å². The van der Waals surface area contributed by atoms with Gasteiger partial charge >= 0.3 is 5.97 Å². The van der Waals surface area contributed by atoms with Gasteiger partial charge in [0.05, 0.1) is 15.4 Å². The Morgan fingerprint density at radius 2 is 2.35 bits per heavy atom. The maximum Gasteiger partial charge on any atom is 0.308 e. The Bertz CT molecular complexity index is 494. The summed E-state index contributed by atoms with van der Waals surface area (Å²) in [5, 5.41) is 9.29. The number of aliphatic carboxylic acids is 1. The second kappa shape index (κ2) is 4.62. The van der Waals surface area contributed by atoms with Gasteiger partial charge in [-0.05, 0) is 15.9 Å². The largest absolute Gasteiger partial charge is 0.481 e. The first-order chi connectivity index (χ1) is 7.99. The number of carbonyl (C=O) groups is 2. The summed E-state index contributed by atoms with van der Waals surface area (Å²) in [4.78, 5) is 27.9. The number of hydrogen-bond acceptors (Lipinski definition) is 3. The third kappa shape index (κ3) is 2.42. The molecule has 5 nitrogen and oxygen atoms in total. The molecule has 7 heteroatoms. The summed E-state index contributed by atoms with van der Waals surface area (Å²) in [7, 11) is 0. The average Bonchev–Trinajstić information content (AvgIpc) is 2.65. The van der Waals surface area contributed by atoms with Gasteiger partial charge < -0.3 is 5.11 Å². The number of carbonyl (C=O) groups excluding carboxylic acids is 1. The van der Waals surface area contributed by atoms with Crippen LogP contribution >= 0.6 is 27.5 Å². The zero-order valence-electron chi connectivity index (χ0n) is 8.56. The van der Waals surface area contributed by atoms with Crippen LogP contribution in [0.4, 0.5) is 5.82 Å². The van der Waals surface area contributed by atoms with E-state index < -0.39 is 11.9 Å². The molecule has 0 spiro atoms. The fourth-order valence-electron chi connectivity index (χ4n) is 1.65. The second-order valence-electron chi connectivity index (χ2n) is 3.70. The maximum absolute atomic E-state index is 11.7. The smallest absolute Gasteiger partial charge is 0.308 e. The van der Waals surface area contributed by atoms with Crippen molar-refractivity contribution in [1.29, 1.82) is 0 Å². The summed E-state index contributed by atoms with van der Waals surface area (Å²) in [6, 6.07) is 1.54. The molecule has 1 saturated heterocycles. The van der Waals surface area contributed by atoms with Crippen molar-refractivity contribution in [2.24, 2.45) is 5.92 Å². The highest BCUT2D eigenvalue weighted by atomic mass is 79.9. The second-order valence-corrected chi connectivity index (χ2v) is 4.96. The number of nitrogens with zero attached hydrogens (tertiary/aromatic N) is 2. The predicted molar refractivity (Wildman–Crippen MR) is 65.0 cm³/mol. The van der Waals surface area contributed by atoms with Crippen LogP contribution in [-0.4, -0.2) is 28.5 Å². The fourth-order valence-corrected chi connectivity index (χ4v) is 2.01. The molecule has 1 aliphatic heterocycles. The highest BCUT2D eigenvalue weighted by molar-refractivity contribution is 9.10. The summed E-state index contributed by atoms with van der Waals surface area (Å²) < 4.78 is 0.629. The van der Waals surface area contributed by atoms with E-state index in [0.717, 1.165) is 0 Å². The summed E-state index contributed by atoms with van der Waals surface area (Å²) in [5.41, 5.74) is 0. The summed E-state index contributed by atoms with van der Waals surface area (Å²) in [5.74, 6) is -1.51. The highest BCUT2D eigenvalue weighted by Gasteiger charge is 2.35. The van der Waals surface area contributed by atoms with Crippen LogP contribution in [0.1, 0.15) is 6.42 Å². The van der Waals surface area contributed by atoms with Crippen molar-refractivity contribution in [3.8, 4) is 0 Å². The number of anilines is 1. The fraction of sp³-hybridized carbons (Fsp3) is 0.300. The van der Waals surface area contributed by atoms with Crippen LogP contribution in [0.15, 0.2) is 16.7 Å². The van der Waals surface area contributed by atoms with Gasteiger partial charge in [-0.3, -0.25) is 14.5 Å². The van der Waals surface area contributed by atoms with E-state index in [-0.39, 0.29) is 18.9 Å². The molecule has 1 aromatic heterocycles. The van der Waals surface area contributed by atoms with Gasteiger partial charge in [-0.2, -0.15) is 0 Å². The number of aromatic nitrogens is 1. The Labute approximate surface area is 111 Å². The molecule has 90 valence electrons. The first kappa shape index (κ1) is 12.3. The Morgan fingerprint density at radius 1 is 1.65 bits per heavy atom. The van der Waals surface area contributed by atoms with E-state index in [4.69, 9.17) is 16.7 Å². The van der Waals surface area contributed by atoms with Gasteiger partial charge in [0.2, 0.25) is 5.91 Å². The van der Waals surface area contributed by atoms with E-state index in [1.807, 2.05) is 0 Å². The minimum absolute atomic E-state index is 0.00466. The number of hydrogen-bond donors (Lipinski definition) is 1. The van der Waals surface area contributed by atoms with E-state index in [9.17, 15) is 9.59 Å².